The Hall–Kier alpha value is -1.32. The molecule has 1 aromatic carbocycles. The van der Waals surface area contributed by atoms with Crippen LogP contribution in [-0.2, 0) is 10.2 Å². The minimum absolute atomic E-state index is 0.0683. The zero-order valence-corrected chi connectivity index (χ0v) is 12.9. The second-order valence-electron chi connectivity index (χ2n) is 3.73. The Bertz CT molecular complexity index is 600. The van der Waals surface area contributed by atoms with E-state index in [1.807, 2.05) is 0 Å². The van der Waals surface area contributed by atoms with Crippen molar-refractivity contribution in [3.8, 4) is 5.75 Å². The fourth-order valence-corrected chi connectivity index (χ4v) is 2.34. The van der Waals surface area contributed by atoms with E-state index in [0.29, 0.717) is 10.2 Å². The summed E-state index contributed by atoms with van der Waals surface area (Å²) in [7, 11) is 0.262. The highest BCUT2D eigenvalue weighted by atomic mass is 79.9. The van der Waals surface area contributed by atoms with Gasteiger partial charge in [0.05, 0.1) is 22.8 Å². The molecule has 0 amide bonds. The van der Waals surface area contributed by atoms with Gasteiger partial charge in [-0.05, 0) is 22.0 Å². The van der Waals surface area contributed by atoms with Crippen molar-refractivity contribution < 1.29 is 23.1 Å². The zero-order valence-electron chi connectivity index (χ0n) is 10.5. The summed E-state index contributed by atoms with van der Waals surface area (Å²) in [5.74, 6) is -0.929. The van der Waals surface area contributed by atoms with Gasteiger partial charge in [0.25, 0.3) is 0 Å². The van der Waals surface area contributed by atoms with Gasteiger partial charge >= 0.3 is 16.2 Å². The first-order chi connectivity index (χ1) is 8.69. The third-order valence-electron chi connectivity index (χ3n) is 2.24. The normalized spacial score (nSPS) is 11.4. The molecule has 0 spiro atoms. The quantitative estimate of drug-likeness (QED) is 0.834. The molecule has 106 valence electrons. The molecule has 0 unspecified atom stereocenters. The van der Waals surface area contributed by atoms with E-state index in [0.717, 1.165) is 4.31 Å². The van der Waals surface area contributed by atoms with Crippen LogP contribution in [0.2, 0.25) is 0 Å². The topological polar surface area (TPSA) is 95.9 Å². The number of aromatic carboxylic acids is 1. The van der Waals surface area contributed by atoms with Crippen LogP contribution in [0.1, 0.15) is 10.4 Å². The SMILES string of the molecule is COc1cc(NS(=O)(=O)N(C)C)c(C(=O)O)cc1Br. The maximum absolute atomic E-state index is 11.7. The van der Waals surface area contributed by atoms with Crippen LogP contribution in [0, 0.1) is 0 Å². The van der Waals surface area contributed by atoms with Crippen LogP contribution < -0.4 is 9.46 Å². The van der Waals surface area contributed by atoms with E-state index in [2.05, 4.69) is 20.7 Å². The molecule has 0 saturated carbocycles. The second-order valence-corrected chi connectivity index (χ2v) is 6.47. The minimum Gasteiger partial charge on any atom is -0.495 e. The minimum atomic E-state index is -3.80. The summed E-state index contributed by atoms with van der Waals surface area (Å²) in [6, 6.07) is 2.57. The molecule has 0 radical (unpaired) electrons. The van der Waals surface area contributed by atoms with Crippen molar-refractivity contribution in [2.45, 2.75) is 0 Å². The molecule has 7 nitrogen and oxygen atoms in total. The van der Waals surface area contributed by atoms with Crippen LogP contribution in [0.5, 0.6) is 5.75 Å². The molecule has 2 N–H and O–H groups in total. The van der Waals surface area contributed by atoms with Crippen molar-refractivity contribution in [2.75, 3.05) is 25.9 Å². The Morgan fingerprint density at radius 3 is 2.42 bits per heavy atom. The van der Waals surface area contributed by atoms with Crippen molar-refractivity contribution in [3.63, 3.8) is 0 Å². The summed E-state index contributed by atoms with van der Waals surface area (Å²) in [4.78, 5) is 11.1. The van der Waals surface area contributed by atoms with E-state index in [4.69, 9.17) is 9.84 Å². The summed E-state index contributed by atoms with van der Waals surface area (Å²) in [5.41, 5.74) is -0.251. The van der Waals surface area contributed by atoms with Gasteiger partial charge in [-0.3, -0.25) is 4.72 Å². The van der Waals surface area contributed by atoms with E-state index in [-0.39, 0.29) is 11.3 Å². The summed E-state index contributed by atoms with van der Waals surface area (Å²) in [5, 5.41) is 9.08. The first-order valence-corrected chi connectivity index (χ1v) is 7.23. The number of halogens is 1. The lowest BCUT2D eigenvalue weighted by molar-refractivity contribution is 0.0698. The van der Waals surface area contributed by atoms with Gasteiger partial charge in [-0.1, -0.05) is 0 Å². The number of hydrogen-bond donors (Lipinski definition) is 2. The highest BCUT2D eigenvalue weighted by Crippen LogP contribution is 2.32. The predicted molar refractivity (Wildman–Crippen MR) is 73.9 cm³/mol. The molecule has 0 fully saturated rings. The van der Waals surface area contributed by atoms with Crippen LogP contribution in [-0.4, -0.2) is 45.0 Å². The number of methoxy groups -OCH3 is 1. The lowest BCUT2D eigenvalue weighted by Gasteiger charge is -2.16. The molecule has 0 aromatic heterocycles. The molecule has 0 heterocycles. The molecular formula is C10H13BrN2O5S. The second kappa shape index (κ2) is 5.76. The maximum atomic E-state index is 11.7. The van der Waals surface area contributed by atoms with E-state index in [1.54, 1.807) is 0 Å². The highest BCUT2D eigenvalue weighted by Gasteiger charge is 2.20. The van der Waals surface area contributed by atoms with Gasteiger partial charge in [-0.2, -0.15) is 12.7 Å². The fourth-order valence-electron chi connectivity index (χ4n) is 1.20. The Balaban J connectivity index is 3.36. The predicted octanol–water partition coefficient (Wildman–Crippen LogP) is 1.37. The van der Waals surface area contributed by atoms with Gasteiger partial charge in [-0.25, -0.2) is 4.79 Å². The number of hydrogen-bond acceptors (Lipinski definition) is 4. The maximum Gasteiger partial charge on any atom is 0.337 e. The average molecular weight is 353 g/mol. The molecular weight excluding hydrogens is 340 g/mol. The number of carboxylic acid groups (broad SMARTS) is 1. The van der Waals surface area contributed by atoms with E-state index in [1.165, 1.54) is 33.3 Å². The van der Waals surface area contributed by atoms with Gasteiger partial charge in [0.2, 0.25) is 0 Å². The van der Waals surface area contributed by atoms with Gasteiger partial charge in [0, 0.05) is 20.2 Å². The van der Waals surface area contributed by atoms with E-state index in [9.17, 15) is 13.2 Å². The molecule has 19 heavy (non-hydrogen) atoms. The lowest BCUT2D eigenvalue weighted by atomic mass is 10.2. The molecule has 9 heteroatoms. The zero-order chi connectivity index (χ0) is 14.8. The average Bonchev–Trinajstić information content (AvgIpc) is 2.30. The number of carboxylic acids is 1. The van der Waals surface area contributed by atoms with Crippen molar-refractivity contribution in [3.05, 3.63) is 22.2 Å². The van der Waals surface area contributed by atoms with Crippen molar-refractivity contribution in [1.29, 1.82) is 0 Å². The molecule has 0 atom stereocenters. The van der Waals surface area contributed by atoms with E-state index < -0.39 is 16.2 Å². The summed E-state index contributed by atoms with van der Waals surface area (Å²) >= 11 is 3.14. The molecule has 0 aliphatic heterocycles. The Morgan fingerprint density at radius 2 is 2.00 bits per heavy atom. The largest absolute Gasteiger partial charge is 0.495 e. The van der Waals surface area contributed by atoms with Crippen molar-refractivity contribution >= 4 is 37.8 Å². The fraction of sp³-hybridized carbons (Fsp3) is 0.300. The Kier molecular flexibility index (Phi) is 4.77. The summed E-state index contributed by atoms with van der Waals surface area (Å²) in [6.45, 7) is 0. The first kappa shape index (κ1) is 15.7. The van der Waals surface area contributed by atoms with Crippen LogP contribution >= 0.6 is 15.9 Å². The molecule has 1 aromatic rings. The van der Waals surface area contributed by atoms with Crippen LogP contribution in [0.3, 0.4) is 0 Å². The van der Waals surface area contributed by atoms with Crippen LogP contribution in [0.15, 0.2) is 16.6 Å². The number of nitrogens with zero attached hydrogens (tertiary/aromatic N) is 1. The Morgan fingerprint density at radius 1 is 1.42 bits per heavy atom. The van der Waals surface area contributed by atoms with Gasteiger partial charge in [-0.15, -0.1) is 0 Å². The van der Waals surface area contributed by atoms with Crippen LogP contribution in [0.25, 0.3) is 0 Å². The van der Waals surface area contributed by atoms with Gasteiger partial charge in [0.15, 0.2) is 0 Å². The molecule has 0 saturated heterocycles. The van der Waals surface area contributed by atoms with Crippen molar-refractivity contribution in [1.82, 2.24) is 4.31 Å². The van der Waals surface area contributed by atoms with Crippen molar-refractivity contribution in [2.24, 2.45) is 0 Å². The smallest absolute Gasteiger partial charge is 0.337 e. The monoisotopic (exact) mass is 352 g/mol. The number of rotatable bonds is 5. The molecule has 0 aliphatic rings. The van der Waals surface area contributed by atoms with Crippen LogP contribution in [0.4, 0.5) is 5.69 Å². The number of benzene rings is 1. The van der Waals surface area contributed by atoms with Gasteiger partial charge in [0.1, 0.15) is 5.75 Å². The Labute approximate surface area is 119 Å². The number of ether oxygens (including phenoxy) is 1. The lowest BCUT2D eigenvalue weighted by Crippen LogP contribution is -2.29. The highest BCUT2D eigenvalue weighted by molar-refractivity contribution is 9.10. The standard InChI is InChI=1S/C10H13BrN2O5S/c1-13(2)19(16,17)12-8-5-9(18-3)7(11)4-6(8)10(14)15/h4-5,12H,1-3H3,(H,14,15). The molecule has 1 rings (SSSR count). The number of anilines is 1. The third kappa shape index (κ3) is 3.58. The van der Waals surface area contributed by atoms with E-state index >= 15 is 0 Å². The number of carbonyl (C=O) groups is 1. The first-order valence-electron chi connectivity index (χ1n) is 5.00. The third-order valence-corrected chi connectivity index (χ3v) is 4.30. The molecule has 0 bridgehead atoms. The number of nitrogens with one attached hydrogen (secondary N) is 1. The van der Waals surface area contributed by atoms with Gasteiger partial charge < -0.3 is 9.84 Å². The molecule has 0 aliphatic carbocycles. The summed E-state index contributed by atoms with van der Waals surface area (Å²) in [6.07, 6.45) is 0. The summed E-state index contributed by atoms with van der Waals surface area (Å²) < 4.78 is 32.0.